The van der Waals surface area contributed by atoms with E-state index in [1.165, 1.54) is 0 Å². The first-order valence-corrected chi connectivity index (χ1v) is 6.36. The van der Waals surface area contributed by atoms with Gasteiger partial charge in [-0.05, 0) is 13.0 Å². The number of nitrogens with one attached hydrogen (secondary N) is 1. The van der Waals surface area contributed by atoms with E-state index < -0.39 is 0 Å². The highest BCUT2D eigenvalue weighted by molar-refractivity contribution is 5.97. The number of hydrogen-bond donors (Lipinski definition) is 2. The maximum Gasteiger partial charge on any atom is 0.253 e. The Labute approximate surface area is 117 Å². The summed E-state index contributed by atoms with van der Waals surface area (Å²) in [6.45, 7) is 5.44. The van der Waals surface area contributed by atoms with Crippen molar-refractivity contribution in [2.75, 3.05) is 0 Å². The van der Waals surface area contributed by atoms with E-state index in [0.29, 0.717) is 0 Å². The minimum absolute atomic E-state index is 0.00150. The van der Waals surface area contributed by atoms with Crippen molar-refractivity contribution in [2.24, 2.45) is 16.6 Å². The Morgan fingerprint density at radius 2 is 2.00 bits per heavy atom. The zero-order chi connectivity index (χ0) is 14.7. The number of aromatic nitrogens is 2. The summed E-state index contributed by atoms with van der Waals surface area (Å²) in [4.78, 5) is 24.1. The molecular weight excluding hydrogens is 254 g/mol. The average Bonchev–Trinajstić information content (AvgIpc) is 2.38. The molecule has 0 saturated carbocycles. The topological polar surface area (TPSA) is 93.3 Å². The maximum absolute atomic E-state index is 11.5. The Morgan fingerprint density at radius 1 is 1.30 bits per heavy atom. The lowest BCUT2D eigenvalue weighted by atomic mass is 10.2. The molecule has 0 aliphatic rings. The first-order chi connectivity index (χ1) is 9.47. The number of aryl methyl sites for hydroxylation is 1. The second kappa shape index (κ2) is 5.64. The van der Waals surface area contributed by atoms with Crippen molar-refractivity contribution in [3.63, 3.8) is 0 Å². The number of rotatable bonds is 2. The van der Waals surface area contributed by atoms with E-state index >= 15 is 0 Å². The Kier molecular flexibility index (Phi) is 3.93. The Balaban J connectivity index is 2.31. The van der Waals surface area contributed by atoms with Crippen LogP contribution in [0, 0.1) is 12.8 Å². The van der Waals surface area contributed by atoms with Crippen LogP contribution >= 0.6 is 0 Å². The molecule has 0 fully saturated rings. The second-order valence-corrected chi connectivity index (χ2v) is 4.77. The Morgan fingerprint density at radius 3 is 2.70 bits per heavy atom. The molecule has 2 rings (SSSR count). The van der Waals surface area contributed by atoms with E-state index in [1.54, 1.807) is 13.8 Å². The fourth-order valence-corrected chi connectivity index (χ4v) is 1.68. The van der Waals surface area contributed by atoms with Crippen LogP contribution in [0.3, 0.4) is 0 Å². The summed E-state index contributed by atoms with van der Waals surface area (Å²) in [7, 11) is 0. The summed E-state index contributed by atoms with van der Waals surface area (Å²) >= 11 is 0. The number of benzene rings is 1. The van der Waals surface area contributed by atoms with Gasteiger partial charge in [-0.3, -0.25) is 10.1 Å². The molecule has 1 amide bonds. The predicted octanol–water partition coefficient (Wildman–Crippen LogP) is 1.66. The van der Waals surface area contributed by atoms with Crippen LogP contribution in [0.4, 0.5) is 5.95 Å². The number of carbonyl (C=O) groups excluding carboxylic acids is 1. The lowest BCUT2D eigenvalue weighted by molar-refractivity contribution is -0.122. The Bertz CT molecular complexity index is 678. The lowest BCUT2D eigenvalue weighted by Crippen LogP contribution is -2.38. The molecule has 20 heavy (non-hydrogen) atoms. The summed E-state index contributed by atoms with van der Waals surface area (Å²) in [5.41, 5.74) is 7.29. The normalized spacial score (nSPS) is 11.9. The molecule has 6 heteroatoms. The minimum Gasteiger partial charge on any atom is -0.369 e. The predicted molar refractivity (Wildman–Crippen MR) is 78.5 cm³/mol. The number of fused-ring (bicyclic) bond motifs is 1. The molecule has 0 bridgehead atoms. The number of amides is 1. The molecule has 0 aliphatic carbocycles. The van der Waals surface area contributed by atoms with Gasteiger partial charge in [-0.2, -0.15) is 4.99 Å². The van der Waals surface area contributed by atoms with E-state index in [9.17, 15) is 4.79 Å². The molecule has 0 unspecified atom stereocenters. The van der Waals surface area contributed by atoms with E-state index in [1.807, 2.05) is 31.2 Å². The van der Waals surface area contributed by atoms with Gasteiger partial charge in [0.15, 0.2) is 0 Å². The van der Waals surface area contributed by atoms with Gasteiger partial charge in [0.25, 0.3) is 5.95 Å². The van der Waals surface area contributed by atoms with Crippen LogP contribution in [0.1, 0.15) is 19.5 Å². The maximum atomic E-state index is 11.5. The fourth-order valence-electron chi connectivity index (χ4n) is 1.68. The third kappa shape index (κ3) is 3.09. The highest BCUT2D eigenvalue weighted by atomic mass is 16.2. The van der Waals surface area contributed by atoms with Crippen molar-refractivity contribution in [3.05, 3.63) is 30.0 Å². The molecule has 1 heterocycles. The number of aliphatic imine (C=N–C) groups is 1. The second-order valence-electron chi connectivity index (χ2n) is 4.77. The first kappa shape index (κ1) is 13.9. The molecule has 3 N–H and O–H groups in total. The summed E-state index contributed by atoms with van der Waals surface area (Å²) in [6.07, 6.45) is 0. The van der Waals surface area contributed by atoms with Crippen LogP contribution < -0.4 is 11.1 Å². The standard InChI is InChI=1S/C14H17N5O/c1-8(2)12(20)18-13(15)19-14-16-9(3)10-6-4-5-7-11(10)17-14/h4-8H,1-3H3,(H3,15,16,17,18,19,20). The van der Waals surface area contributed by atoms with Crippen molar-refractivity contribution in [1.82, 2.24) is 15.3 Å². The van der Waals surface area contributed by atoms with E-state index in [-0.39, 0.29) is 23.7 Å². The fraction of sp³-hybridized carbons (Fsp3) is 0.286. The zero-order valence-electron chi connectivity index (χ0n) is 11.7. The molecule has 6 nitrogen and oxygen atoms in total. The van der Waals surface area contributed by atoms with Crippen molar-refractivity contribution < 1.29 is 4.79 Å². The largest absolute Gasteiger partial charge is 0.369 e. The van der Waals surface area contributed by atoms with E-state index in [2.05, 4.69) is 20.3 Å². The minimum atomic E-state index is -0.191. The van der Waals surface area contributed by atoms with Crippen molar-refractivity contribution in [2.45, 2.75) is 20.8 Å². The van der Waals surface area contributed by atoms with Gasteiger partial charge in [0.1, 0.15) is 0 Å². The van der Waals surface area contributed by atoms with Crippen LogP contribution in [-0.4, -0.2) is 21.8 Å². The monoisotopic (exact) mass is 271 g/mol. The molecule has 0 atom stereocenters. The molecular formula is C14H17N5O. The highest BCUT2D eigenvalue weighted by Crippen LogP contribution is 2.17. The first-order valence-electron chi connectivity index (χ1n) is 6.36. The van der Waals surface area contributed by atoms with Crippen LogP contribution in [0.2, 0.25) is 0 Å². The van der Waals surface area contributed by atoms with Gasteiger partial charge in [0.05, 0.1) is 11.2 Å². The third-order valence-electron chi connectivity index (χ3n) is 2.78. The number of hydrogen-bond acceptors (Lipinski definition) is 4. The average molecular weight is 271 g/mol. The number of nitrogens with zero attached hydrogens (tertiary/aromatic N) is 3. The summed E-state index contributed by atoms with van der Waals surface area (Å²) < 4.78 is 0. The number of para-hydroxylation sites is 1. The van der Waals surface area contributed by atoms with Gasteiger partial charge >= 0.3 is 0 Å². The summed E-state index contributed by atoms with van der Waals surface area (Å²) in [5, 5.41) is 3.47. The lowest BCUT2D eigenvalue weighted by Gasteiger charge is -2.06. The molecule has 104 valence electrons. The molecule has 0 saturated heterocycles. The van der Waals surface area contributed by atoms with Crippen LogP contribution in [0.5, 0.6) is 0 Å². The molecule has 1 aromatic carbocycles. The van der Waals surface area contributed by atoms with Gasteiger partial charge in [-0.15, -0.1) is 0 Å². The third-order valence-corrected chi connectivity index (χ3v) is 2.78. The quantitative estimate of drug-likeness (QED) is 0.641. The van der Waals surface area contributed by atoms with Gasteiger partial charge in [-0.25, -0.2) is 9.97 Å². The number of guanidine groups is 1. The molecule has 0 aliphatic heterocycles. The van der Waals surface area contributed by atoms with Crippen LogP contribution in [-0.2, 0) is 4.79 Å². The van der Waals surface area contributed by atoms with Gasteiger partial charge < -0.3 is 5.73 Å². The van der Waals surface area contributed by atoms with Crippen LogP contribution in [0.25, 0.3) is 10.9 Å². The van der Waals surface area contributed by atoms with Crippen molar-refractivity contribution >= 4 is 28.7 Å². The van der Waals surface area contributed by atoms with Gasteiger partial charge in [0, 0.05) is 11.3 Å². The van der Waals surface area contributed by atoms with Gasteiger partial charge in [0.2, 0.25) is 11.9 Å². The highest BCUT2D eigenvalue weighted by Gasteiger charge is 2.09. The number of nitrogens with two attached hydrogens (primary N) is 1. The SMILES string of the molecule is Cc1nc(/N=C(\N)NC(=O)C(C)C)nc2ccccc12. The molecule has 1 aromatic heterocycles. The summed E-state index contributed by atoms with van der Waals surface area (Å²) in [6, 6.07) is 7.65. The Hall–Kier alpha value is -2.50. The van der Waals surface area contributed by atoms with Crippen LogP contribution in [0.15, 0.2) is 29.3 Å². The molecule has 2 aromatic rings. The van der Waals surface area contributed by atoms with Gasteiger partial charge in [-0.1, -0.05) is 32.0 Å². The van der Waals surface area contributed by atoms with Crippen molar-refractivity contribution in [3.8, 4) is 0 Å². The number of carbonyl (C=O) groups is 1. The summed E-state index contributed by atoms with van der Waals surface area (Å²) in [5.74, 6) is -0.118. The zero-order valence-corrected chi connectivity index (χ0v) is 11.7. The van der Waals surface area contributed by atoms with E-state index in [4.69, 9.17) is 5.73 Å². The smallest absolute Gasteiger partial charge is 0.253 e. The molecule has 0 radical (unpaired) electrons. The van der Waals surface area contributed by atoms with Crippen molar-refractivity contribution in [1.29, 1.82) is 0 Å². The molecule has 0 spiro atoms. The van der Waals surface area contributed by atoms with E-state index in [0.717, 1.165) is 16.6 Å².